The third-order valence-electron chi connectivity index (χ3n) is 3.31. The van der Waals surface area contributed by atoms with Gasteiger partial charge < -0.3 is 5.32 Å². The Bertz CT molecular complexity index is 903. The monoisotopic (exact) mass is 391 g/mol. The first-order valence-electron chi connectivity index (χ1n) is 7.37. The first kappa shape index (κ1) is 17.6. The Morgan fingerprint density at radius 3 is 2.56 bits per heavy atom. The third-order valence-corrected chi connectivity index (χ3v) is 5.32. The van der Waals surface area contributed by atoms with E-state index in [4.69, 9.17) is 11.6 Å². The fourth-order valence-corrected chi connectivity index (χ4v) is 3.85. The van der Waals surface area contributed by atoms with Crippen molar-refractivity contribution >= 4 is 51.2 Å². The highest BCUT2D eigenvalue weighted by Crippen LogP contribution is 2.32. The smallest absolute Gasteiger partial charge is 0.257 e. The summed E-state index contributed by atoms with van der Waals surface area (Å²) in [6, 6.07) is 10.8. The number of hydrogen-bond acceptors (Lipinski definition) is 5. The molecule has 0 unspecified atom stereocenters. The maximum atomic E-state index is 12.3. The number of carbonyl (C=O) groups excluding carboxylic acids is 2. The molecule has 0 fully saturated rings. The Kier molecular flexibility index (Phi) is 5.47. The normalized spacial score (nSPS) is 10.5. The molecule has 3 aromatic rings. The second kappa shape index (κ2) is 7.77. The summed E-state index contributed by atoms with van der Waals surface area (Å²) < 4.78 is 0.702. The lowest BCUT2D eigenvalue weighted by atomic mass is 10.1. The molecule has 25 heavy (non-hydrogen) atoms. The van der Waals surface area contributed by atoms with Crippen LogP contribution in [0, 0.1) is 0 Å². The molecule has 8 heteroatoms. The Hall–Kier alpha value is -2.22. The van der Waals surface area contributed by atoms with Gasteiger partial charge in [0.2, 0.25) is 5.91 Å². The molecule has 0 saturated heterocycles. The first-order valence-corrected chi connectivity index (χ1v) is 9.44. The molecule has 0 saturated carbocycles. The number of amides is 2. The summed E-state index contributed by atoms with van der Waals surface area (Å²) in [7, 11) is 0. The predicted octanol–water partition coefficient (Wildman–Crippen LogP) is 4.41. The largest absolute Gasteiger partial charge is 0.352 e. The van der Waals surface area contributed by atoms with E-state index in [9.17, 15) is 9.59 Å². The summed E-state index contributed by atoms with van der Waals surface area (Å²) >= 11 is 8.74. The highest BCUT2D eigenvalue weighted by molar-refractivity contribution is 7.20. The van der Waals surface area contributed by atoms with Gasteiger partial charge >= 0.3 is 0 Å². The number of nitrogens with zero attached hydrogens (tertiary/aromatic N) is 1. The Balaban J connectivity index is 1.64. The zero-order valence-electron chi connectivity index (χ0n) is 13.2. The molecule has 0 aliphatic rings. The van der Waals surface area contributed by atoms with Crippen LogP contribution in [0.3, 0.4) is 0 Å². The predicted molar refractivity (Wildman–Crippen MR) is 102 cm³/mol. The second-order valence-corrected chi connectivity index (χ2v) is 7.78. The summed E-state index contributed by atoms with van der Waals surface area (Å²) in [6.07, 6.45) is 0. The fraction of sp³-hybridized carbons (Fsp3) is 0.118. The fourth-order valence-electron chi connectivity index (χ4n) is 2.07. The van der Waals surface area contributed by atoms with Gasteiger partial charge in [0, 0.05) is 24.4 Å². The van der Waals surface area contributed by atoms with Gasteiger partial charge in [0.05, 0.1) is 14.9 Å². The molecule has 2 aromatic heterocycles. The zero-order valence-corrected chi connectivity index (χ0v) is 15.6. The minimum atomic E-state index is -0.226. The lowest BCUT2D eigenvalue weighted by Crippen LogP contribution is -2.19. The van der Waals surface area contributed by atoms with E-state index in [2.05, 4.69) is 15.6 Å². The molecule has 0 spiro atoms. The van der Waals surface area contributed by atoms with Crippen LogP contribution in [-0.2, 0) is 11.3 Å². The van der Waals surface area contributed by atoms with E-state index in [1.807, 2.05) is 29.6 Å². The van der Waals surface area contributed by atoms with Gasteiger partial charge in [0.1, 0.15) is 0 Å². The molecule has 2 heterocycles. The number of aromatic nitrogens is 1. The van der Waals surface area contributed by atoms with Crippen molar-refractivity contribution in [3.05, 3.63) is 57.2 Å². The standard InChI is InChI=1S/C17H14ClN3O2S2/c1-10(22)19-8-11-2-4-12(5-3-11)16(23)21-17-20-13(9-24-17)14-6-7-15(18)25-14/h2-7,9H,8H2,1H3,(H,19,22)(H,20,21,23). The van der Waals surface area contributed by atoms with Crippen molar-refractivity contribution in [3.8, 4) is 10.6 Å². The van der Waals surface area contributed by atoms with Crippen LogP contribution >= 0.6 is 34.3 Å². The molecule has 0 atom stereocenters. The van der Waals surface area contributed by atoms with Gasteiger partial charge in [0.25, 0.3) is 5.91 Å². The Morgan fingerprint density at radius 2 is 1.92 bits per heavy atom. The molecule has 0 radical (unpaired) electrons. The minimum absolute atomic E-state index is 0.0894. The van der Waals surface area contributed by atoms with Gasteiger partial charge in [-0.1, -0.05) is 23.7 Å². The molecule has 5 nitrogen and oxygen atoms in total. The number of thiazole rings is 1. The molecular weight excluding hydrogens is 378 g/mol. The van der Waals surface area contributed by atoms with Crippen molar-refractivity contribution in [1.82, 2.24) is 10.3 Å². The van der Waals surface area contributed by atoms with E-state index in [1.165, 1.54) is 29.6 Å². The second-order valence-electron chi connectivity index (χ2n) is 5.20. The lowest BCUT2D eigenvalue weighted by Gasteiger charge is -2.05. The van der Waals surface area contributed by atoms with Crippen molar-refractivity contribution in [3.63, 3.8) is 0 Å². The number of benzene rings is 1. The summed E-state index contributed by atoms with van der Waals surface area (Å²) in [6.45, 7) is 1.91. The molecule has 0 bridgehead atoms. The minimum Gasteiger partial charge on any atom is -0.352 e. The van der Waals surface area contributed by atoms with Crippen molar-refractivity contribution in [1.29, 1.82) is 0 Å². The van der Waals surface area contributed by atoms with Gasteiger partial charge in [0.15, 0.2) is 5.13 Å². The Labute approximate surface area is 157 Å². The molecule has 128 valence electrons. The number of halogens is 1. The molecule has 0 aliphatic carbocycles. The topological polar surface area (TPSA) is 71.1 Å². The molecule has 0 aliphatic heterocycles. The van der Waals surface area contributed by atoms with Crippen LogP contribution in [0.4, 0.5) is 5.13 Å². The van der Waals surface area contributed by atoms with E-state index in [-0.39, 0.29) is 11.8 Å². The third kappa shape index (κ3) is 4.66. The highest BCUT2D eigenvalue weighted by Gasteiger charge is 2.11. The van der Waals surface area contributed by atoms with Crippen molar-refractivity contribution < 1.29 is 9.59 Å². The van der Waals surface area contributed by atoms with Crippen LogP contribution in [0.25, 0.3) is 10.6 Å². The van der Waals surface area contributed by atoms with Crippen LogP contribution in [0.5, 0.6) is 0 Å². The highest BCUT2D eigenvalue weighted by atomic mass is 35.5. The maximum Gasteiger partial charge on any atom is 0.257 e. The SMILES string of the molecule is CC(=O)NCc1ccc(C(=O)Nc2nc(-c3ccc(Cl)s3)cs2)cc1. The van der Waals surface area contributed by atoms with E-state index in [0.717, 1.165) is 16.1 Å². The number of rotatable bonds is 5. The quantitative estimate of drug-likeness (QED) is 0.676. The molecular formula is C17H14ClN3O2S2. The van der Waals surface area contributed by atoms with Crippen LogP contribution in [0.1, 0.15) is 22.8 Å². The van der Waals surface area contributed by atoms with Crippen molar-refractivity contribution in [2.75, 3.05) is 5.32 Å². The van der Waals surface area contributed by atoms with Crippen LogP contribution in [0.15, 0.2) is 41.8 Å². The van der Waals surface area contributed by atoms with E-state index in [1.54, 1.807) is 12.1 Å². The summed E-state index contributed by atoms with van der Waals surface area (Å²) in [5, 5.41) is 7.93. The van der Waals surface area contributed by atoms with Gasteiger partial charge in [-0.15, -0.1) is 22.7 Å². The number of anilines is 1. The number of thiophene rings is 1. The van der Waals surface area contributed by atoms with Gasteiger partial charge in [-0.25, -0.2) is 4.98 Å². The number of nitrogens with one attached hydrogen (secondary N) is 2. The molecule has 2 amide bonds. The van der Waals surface area contributed by atoms with Crippen LogP contribution < -0.4 is 10.6 Å². The van der Waals surface area contributed by atoms with Gasteiger partial charge in [-0.05, 0) is 29.8 Å². The van der Waals surface area contributed by atoms with Gasteiger partial charge in [-0.2, -0.15) is 0 Å². The van der Waals surface area contributed by atoms with Crippen LogP contribution in [-0.4, -0.2) is 16.8 Å². The molecule has 1 aromatic carbocycles. The molecule has 3 rings (SSSR count). The van der Waals surface area contributed by atoms with Crippen molar-refractivity contribution in [2.45, 2.75) is 13.5 Å². The number of hydrogen-bond donors (Lipinski definition) is 2. The van der Waals surface area contributed by atoms with Gasteiger partial charge in [-0.3, -0.25) is 14.9 Å². The van der Waals surface area contributed by atoms with E-state index in [0.29, 0.717) is 21.6 Å². The average Bonchev–Trinajstić information content (AvgIpc) is 3.22. The van der Waals surface area contributed by atoms with Crippen LogP contribution in [0.2, 0.25) is 4.34 Å². The van der Waals surface area contributed by atoms with E-state index < -0.39 is 0 Å². The zero-order chi connectivity index (χ0) is 17.8. The maximum absolute atomic E-state index is 12.3. The first-order chi connectivity index (χ1) is 12.0. The number of carbonyl (C=O) groups is 2. The summed E-state index contributed by atoms with van der Waals surface area (Å²) in [5.74, 6) is -0.315. The average molecular weight is 392 g/mol. The van der Waals surface area contributed by atoms with E-state index >= 15 is 0 Å². The van der Waals surface area contributed by atoms with Crippen molar-refractivity contribution in [2.24, 2.45) is 0 Å². The Morgan fingerprint density at radius 1 is 1.16 bits per heavy atom. The summed E-state index contributed by atoms with van der Waals surface area (Å²) in [4.78, 5) is 28.6. The molecule has 2 N–H and O–H groups in total. The lowest BCUT2D eigenvalue weighted by molar-refractivity contribution is -0.119. The summed E-state index contributed by atoms with van der Waals surface area (Å²) in [5.41, 5.74) is 2.25.